The number of carbonyl (C=O) groups excluding carboxylic acids is 2. The second-order valence-electron chi connectivity index (χ2n) is 7.49. The first-order valence-electron chi connectivity index (χ1n) is 10.3. The van der Waals surface area contributed by atoms with Crippen LogP contribution in [0.4, 0.5) is 5.69 Å². The van der Waals surface area contributed by atoms with E-state index in [-0.39, 0.29) is 22.1 Å². The highest BCUT2D eigenvalue weighted by atomic mass is 79.9. The Balaban J connectivity index is 1.51. The molecule has 1 fully saturated rings. The van der Waals surface area contributed by atoms with Crippen molar-refractivity contribution in [3.63, 3.8) is 0 Å². The number of sulfonamides is 1. The van der Waals surface area contributed by atoms with Gasteiger partial charge in [-0.3, -0.25) is 4.79 Å². The fraction of sp³-hybridized carbons (Fsp3) is 0.167. The summed E-state index contributed by atoms with van der Waals surface area (Å²) in [6.07, 6.45) is 1.63. The fourth-order valence-corrected chi connectivity index (χ4v) is 5.96. The van der Waals surface area contributed by atoms with Gasteiger partial charge in [-0.05, 0) is 71.2 Å². The smallest absolute Gasteiger partial charge is 0.343 e. The van der Waals surface area contributed by atoms with Crippen LogP contribution in [0.25, 0.3) is 0 Å². The first-order chi connectivity index (χ1) is 15.8. The van der Waals surface area contributed by atoms with Crippen LogP contribution in [0.5, 0.6) is 5.75 Å². The average molecular weight is 529 g/mol. The lowest BCUT2D eigenvalue weighted by molar-refractivity contribution is 0.0734. The van der Waals surface area contributed by atoms with Gasteiger partial charge in [0.05, 0.1) is 10.5 Å². The number of nitrogens with one attached hydrogen (secondary N) is 1. The number of anilines is 1. The number of hydrogen-bond acceptors (Lipinski definition) is 5. The maximum absolute atomic E-state index is 13.0. The lowest BCUT2D eigenvalue weighted by Crippen LogP contribution is -2.28. The molecule has 0 radical (unpaired) electrons. The molecule has 9 heteroatoms. The van der Waals surface area contributed by atoms with Gasteiger partial charge in [-0.2, -0.15) is 4.31 Å². The van der Waals surface area contributed by atoms with Crippen LogP contribution in [-0.4, -0.2) is 37.7 Å². The molecule has 170 valence electrons. The fourth-order valence-electron chi connectivity index (χ4n) is 3.49. The summed E-state index contributed by atoms with van der Waals surface area (Å²) in [6.45, 7) is 0.926. The average Bonchev–Trinajstić information content (AvgIpc) is 3.36. The van der Waals surface area contributed by atoms with Crippen molar-refractivity contribution in [2.45, 2.75) is 17.7 Å². The van der Waals surface area contributed by atoms with E-state index in [4.69, 9.17) is 4.74 Å². The van der Waals surface area contributed by atoms with Crippen molar-refractivity contribution in [1.82, 2.24) is 4.31 Å². The predicted octanol–water partition coefficient (Wildman–Crippen LogP) is 4.71. The van der Waals surface area contributed by atoms with E-state index in [9.17, 15) is 18.0 Å². The molecule has 0 atom stereocenters. The third kappa shape index (κ3) is 5.32. The van der Waals surface area contributed by atoms with Crippen LogP contribution >= 0.6 is 15.9 Å². The van der Waals surface area contributed by atoms with Gasteiger partial charge >= 0.3 is 5.97 Å². The number of nitrogens with zero attached hydrogens (tertiary/aromatic N) is 1. The quantitative estimate of drug-likeness (QED) is 0.369. The Bertz CT molecular complexity index is 1290. The summed E-state index contributed by atoms with van der Waals surface area (Å²) in [4.78, 5) is 25.1. The molecule has 1 saturated heterocycles. The lowest BCUT2D eigenvalue weighted by Gasteiger charge is -2.17. The molecule has 3 aromatic carbocycles. The number of carbonyl (C=O) groups is 2. The molecule has 1 amide bonds. The second kappa shape index (κ2) is 9.86. The molecule has 7 nitrogen and oxygen atoms in total. The van der Waals surface area contributed by atoms with E-state index in [1.54, 1.807) is 42.5 Å². The number of amides is 1. The Morgan fingerprint density at radius 1 is 0.879 bits per heavy atom. The molecule has 3 aromatic rings. The zero-order valence-corrected chi connectivity index (χ0v) is 19.9. The monoisotopic (exact) mass is 528 g/mol. The van der Waals surface area contributed by atoms with Crippen molar-refractivity contribution in [1.29, 1.82) is 0 Å². The molecule has 0 aliphatic carbocycles. The minimum atomic E-state index is -3.71. The summed E-state index contributed by atoms with van der Waals surface area (Å²) >= 11 is 3.28. The minimum Gasteiger partial charge on any atom is -0.423 e. The van der Waals surface area contributed by atoms with Crippen LogP contribution in [0.1, 0.15) is 33.6 Å². The van der Waals surface area contributed by atoms with E-state index < -0.39 is 16.0 Å². The molecule has 0 aromatic heterocycles. The number of rotatable bonds is 6. The van der Waals surface area contributed by atoms with Crippen LogP contribution in [0.15, 0.2) is 82.2 Å². The summed E-state index contributed by atoms with van der Waals surface area (Å²) in [6, 6.07) is 19.5. The first kappa shape index (κ1) is 23.2. The highest BCUT2D eigenvalue weighted by Crippen LogP contribution is 2.29. The van der Waals surface area contributed by atoms with E-state index in [1.165, 1.54) is 28.6 Å². The Kier molecular flexibility index (Phi) is 6.92. The molecule has 0 saturated carbocycles. The molecule has 1 heterocycles. The van der Waals surface area contributed by atoms with Crippen molar-refractivity contribution < 1.29 is 22.7 Å². The van der Waals surface area contributed by atoms with Gasteiger partial charge in [0.1, 0.15) is 5.75 Å². The van der Waals surface area contributed by atoms with Crippen LogP contribution in [0.3, 0.4) is 0 Å². The van der Waals surface area contributed by atoms with Crippen molar-refractivity contribution in [3.8, 4) is 5.75 Å². The molecule has 33 heavy (non-hydrogen) atoms. The van der Waals surface area contributed by atoms with Crippen molar-refractivity contribution in [2.24, 2.45) is 0 Å². The van der Waals surface area contributed by atoms with Gasteiger partial charge < -0.3 is 10.1 Å². The number of esters is 1. The van der Waals surface area contributed by atoms with Gasteiger partial charge in [-0.15, -0.1) is 0 Å². The molecule has 1 aliphatic heterocycles. The third-order valence-corrected chi connectivity index (χ3v) is 8.08. The van der Waals surface area contributed by atoms with E-state index in [1.807, 2.05) is 6.07 Å². The zero-order valence-electron chi connectivity index (χ0n) is 17.5. The standard InChI is InChI=1S/C24H21BrN2O5S/c25-21-12-11-18(15-22(21)33(30,31)27-13-4-5-14-27)24(29)32-20-10-6-9-19(16-20)26-23(28)17-7-2-1-3-8-17/h1-3,6-12,15-16H,4-5,13-14H2,(H,26,28). The molecule has 4 rings (SSSR count). The summed E-state index contributed by atoms with van der Waals surface area (Å²) in [5, 5.41) is 2.76. The zero-order chi connectivity index (χ0) is 23.4. The molecule has 1 aliphatic rings. The van der Waals surface area contributed by atoms with Gasteiger partial charge in [-0.1, -0.05) is 24.3 Å². The number of benzene rings is 3. The van der Waals surface area contributed by atoms with Crippen LogP contribution in [0, 0.1) is 0 Å². The Hall–Kier alpha value is -3.01. The van der Waals surface area contributed by atoms with E-state index in [0.29, 0.717) is 28.8 Å². The Morgan fingerprint density at radius 3 is 2.33 bits per heavy atom. The van der Waals surface area contributed by atoms with E-state index in [0.717, 1.165) is 12.8 Å². The second-order valence-corrected chi connectivity index (χ2v) is 10.3. The normalized spacial score (nSPS) is 14.1. The van der Waals surface area contributed by atoms with Crippen LogP contribution < -0.4 is 10.1 Å². The summed E-state index contributed by atoms with van der Waals surface area (Å²) in [7, 11) is -3.71. The van der Waals surface area contributed by atoms with E-state index >= 15 is 0 Å². The molecule has 0 spiro atoms. The van der Waals surface area contributed by atoms with Gasteiger partial charge in [0.2, 0.25) is 10.0 Å². The number of ether oxygens (including phenoxy) is 1. The molecular formula is C24H21BrN2O5S. The predicted molar refractivity (Wildman–Crippen MR) is 128 cm³/mol. The van der Waals surface area contributed by atoms with Gasteiger partial charge in [0.15, 0.2) is 0 Å². The van der Waals surface area contributed by atoms with Crippen molar-refractivity contribution in [3.05, 3.63) is 88.4 Å². The Labute approximate surface area is 200 Å². The van der Waals surface area contributed by atoms with Crippen molar-refractivity contribution in [2.75, 3.05) is 18.4 Å². The maximum Gasteiger partial charge on any atom is 0.343 e. The highest BCUT2D eigenvalue weighted by molar-refractivity contribution is 9.10. The summed E-state index contributed by atoms with van der Waals surface area (Å²) in [5.41, 5.74) is 1.07. The summed E-state index contributed by atoms with van der Waals surface area (Å²) < 4.78 is 33.2. The largest absolute Gasteiger partial charge is 0.423 e. The van der Waals surface area contributed by atoms with Gasteiger partial charge in [-0.25, -0.2) is 13.2 Å². The topological polar surface area (TPSA) is 92.8 Å². The SMILES string of the molecule is O=C(Nc1cccc(OC(=O)c2ccc(Br)c(S(=O)(=O)N3CCCC3)c2)c1)c1ccccc1. The molecule has 0 unspecified atom stereocenters. The van der Waals surface area contributed by atoms with Crippen LogP contribution in [0.2, 0.25) is 0 Å². The maximum atomic E-state index is 13.0. The molecular weight excluding hydrogens is 508 g/mol. The highest BCUT2D eigenvalue weighted by Gasteiger charge is 2.29. The van der Waals surface area contributed by atoms with Gasteiger partial charge in [0, 0.05) is 34.9 Å². The molecule has 1 N–H and O–H groups in total. The first-order valence-corrected chi connectivity index (χ1v) is 12.6. The third-order valence-electron chi connectivity index (χ3n) is 5.19. The van der Waals surface area contributed by atoms with Crippen LogP contribution in [-0.2, 0) is 10.0 Å². The molecule has 0 bridgehead atoms. The van der Waals surface area contributed by atoms with Gasteiger partial charge in [0.25, 0.3) is 5.91 Å². The van der Waals surface area contributed by atoms with E-state index in [2.05, 4.69) is 21.2 Å². The number of halogens is 1. The Morgan fingerprint density at radius 2 is 1.61 bits per heavy atom. The minimum absolute atomic E-state index is 0.0303. The van der Waals surface area contributed by atoms with Crippen molar-refractivity contribution >= 4 is 43.5 Å². The summed E-state index contributed by atoms with van der Waals surface area (Å²) in [5.74, 6) is -0.770. The lowest BCUT2D eigenvalue weighted by atomic mass is 10.2. The number of hydrogen-bond donors (Lipinski definition) is 1.